The summed E-state index contributed by atoms with van der Waals surface area (Å²) in [5.74, 6) is 2.11. The molecule has 1 aromatic heterocycles. The Labute approximate surface area is 208 Å². The molecule has 0 saturated carbocycles. The van der Waals surface area contributed by atoms with E-state index in [0.29, 0.717) is 5.92 Å². The standard InChI is InChI=1S/C26H34N4O4S/c1-19-15-29(16-19)20(2)25-14-26(27-28(25)3)35(31,32)30(17-21-6-10-23(33-4)11-7-21)18-22-8-12-24(34-5)13-9-22/h6-14,19-20H,15-18H2,1-5H3. The number of nitrogens with zero attached hydrogens (tertiary/aromatic N) is 4. The zero-order valence-corrected chi connectivity index (χ0v) is 21.8. The van der Waals surface area contributed by atoms with Crippen molar-refractivity contribution in [2.24, 2.45) is 13.0 Å². The van der Waals surface area contributed by atoms with E-state index in [0.717, 1.165) is 41.4 Å². The largest absolute Gasteiger partial charge is 0.497 e. The molecule has 0 N–H and O–H groups in total. The SMILES string of the molecule is COc1ccc(CN(Cc2ccc(OC)cc2)S(=O)(=O)c2cc(C(C)N3CC(C)C3)n(C)n2)cc1. The fourth-order valence-electron chi connectivity index (χ4n) is 4.45. The van der Waals surface area contributed by atoms with Gasteiger partial charge in [-0.15, -0.1) is 0 Å². The summed E-state index contributed by atoms with van der Waals surface area (Å²) in [5, 5.41) is 4.51. The number of methoxy groups -OCH3 is 2. The van der Waals surface area contributed by atoms with E-state index in [4.69, 9.17) is 9.47 Å². The molecule has 8 nitrogen and oxygen atoms in total. The number of likely N-dealkylation sites (tertiary alicyclic amines) is 1. The zero-order valence-electron chi connectivity index (χ0n) is 21.0. The van der Waals surface area contributed by atoms with Crippen LogP contribution in [0.2, 0.25) is 0 Å². The van der Waals surface area contributed by atoms with Gasteiger partial charge in [-0.3, -0.25) is 9.58 Å². The number of aryl methyl sites for hydroxylation is 1. The van der Waals surface area contributed by atoms with Crippen molar-refractivity contribution in [2.45, 2.75) is 38.0 Å². The van der Waals surface area contributed by atoms with Crippen LogP contribution in [0.4, 0.5) is 0 Å². The Balaban J connectivity index is 1.64. The number of rotatable bonds is 10. The second-order valence-electron chi connectivity index (χ2n) is 9.24. The Bertz CT molecular complexity index is 1180. The Morgan fingerprint density at radius 3 is 1.89 bits per heavy atom. The summed E-state index contributed by atoms with van der Waals surface area (Å²) >= 11 is 0. The first-order valence-corrected chi connectivity index (χ1v) is 13.2. The quantitative estimate of drug-likeness (QED) is 0.423. The van der Waals surface area contributed by atoms with Crippen LogP contribution in [-0.4, -0.2) is 54.7 Å². The van der Waals surface area contributed by atoms with Crippen LogP contribution in [0, 0.1) is 5.92 Å². The molecule has 0 bridgehead atoms. The van der Waals surface area contributed by atoms with Gasteiger partial charge in [-0.25, -0.2) is 8.42 Å². The van der Waals surface area contributed by atoms with Gasteiger partial charge < -0.3 is 9.47 Å². The Hall–Kier alpha value is -2.88. The molecule has 1 atom stereocenters. The third-order valence-corrected chi connectivity index (χ3v) is 8.27. The van der Waals surface area contributed by atoms with Gasteiger partial charge in [0.15, 0.2) is 5.03 Å². The van der Waals surface area contributed by atoms with Crippen molar-refractivity contribution in [3.8, 4) is 11.5 Å². The molecule has 0 amide bonds. The Morgan fingerprint density at radius 2 is 1.46 bits per heavy atom. The van der Waals surface area contributed by atoms with Crippen molar-refractivity contribution in [2.75, 3.05) is 27.3 Å². The van der Waals surface area contributed by atoms with Crippen molar-refractivity contribution in [1.29, 1.82) is 0 Å². The van der Waals surface area contributed by atoms with Crippen LogP contribution in [0.25, 0.3) is 0 Å². The van der Waals surface area contributed by atoms with Crippen molar-refractivity contribution in [3.05, 3.63) is 71.4 Å². The Kier molecular flexibility index (Phi) is 7.49. The lowest BCUT2D eigenvalue weighted by atomic mass is 9.99. The van der Waals surface area contributed by atoms with Crippen LogP contribution >= 0.6 is 0 Å². The maximum atomic E-state index is 13.9. The lowest BCUT2D eigenvalue weighted by molar-refractivity contribution is 0.0666. The number of ether oxygens (including phenoxy) is 2. The molecule has 1 unspecified atom stereocenters. The number of hydrogen-bond donors (Lipinski definition) is 0. The van der Waals surface area contributed by atoms with E-state index in [9.17, 15) is 8.42 Å². The van der Waals surface area contributed by atoms with Gasteiger partial charge in [0.2, 0.25) is 0 Å². The highest BCUT2D eigenvalue weighted by molar-refractivity contribution is 7.89. The van der Waals surface area contributed by atoms with Crippen LogP contribution in [0.5, 0.6) is 11.5 Å². The van der Waals surface area contributed by atoms with Crippen molar-refractivity contribution in [1.82, 2.24) is 19.0 Å². The average Bonchev–Trinajstić information content (AvgIpc) is 3.24. The van der Waals surface area contributed by atoms with Gasteiger partial charge in [-0.2, -0.15) is 9.40 Å². The summed E-state index contributed by atoms with van der Waals surface area (Å²) in [6, 6.07) is 16.7. The van der Waals surface area contributed by atoms with Crippen LogP contribution in [0.15, 0.2) is 59.6 Å². The van der Waals surface area contributed by atoms with Crippen LogP contribution in [0.3, 0.4) is 0 Å². The molecule has 3 aromatic rings. The van der Waals surface area contributed by atoms with E-state index in [1.165, 1.54) is 4.31 Å². The fourth-order valence-corrected chi connectivity index (χ4v) is 5.85. The van der Waals surface area contributed by atoms with Crippen LogP contribution < -0.4 is 9.47 Å². The monoisotopic (exact) mass is 498 g/mol. The van der Waals surface area contributed by atoms with Crippen molar-refractivity contribution in [3.63, 3.8) is 0 Å². The molecule has 9 heteroatoms. The maximum absolute atomic E-state index is 13.9. The van der Waals surface area contributed by atoms with Gasteiger partial charge in [-0.1, -0.05) is 31.2 Å². The van der Waals surface area contributed by atoms with Crippen molar-refractivity contribution < 1.29 is 17.9 Å². The number of aromatic nitrogens is 2. The molecule has 0 aliphatic carbocycles. The minimum absolute atomic E-state index is 0.0671. The lowest BCUT2D eigenvalue weighted by Gasteiger charge is -2.41. The minimum Gasteiger partial charge on any atom is -0.497 e. The normalized spacial score (nSPS) is 15.7. The smallest absolute Gasteiger partial charge is 0.263 e. The van der Waals surface area contributed by atoms with Gasteiger partial charge >= 0.3 is 0 Å². The third-order valence-electron chi connectivity index (χ3n) is 6.60. The second-order valence-corrected chi connectivity index (χ2v) is 11.1. The lowest BCUT2D eigenvalue weighted by Crippen LogP contribution is -2.46. The average molecular weight is 499 g/mol. The van der Waals surface area contributed by atoms with Crippen LogP contribution in [0.1, 0.15) is 36.7 Å². The molecule has 1 aliphatic heterocycles. The minimum atomic E-state index is -3.87. The van der Waals surface area contributed by atoms with E-state index >= 15 is 0 Å². The molecule has 1 aliphatic rings. The highest BCUT2D eigenvalue weighted by Gasteiger charge is 2.33. The van der Waals surface area contributed by atoms with Gasteiger partial charge in [0.25, 0.3) is 10.0 Å². The van der Waals surface area contributed by atoms with Gasteiger partial charge in [0.05, 0.1) is 19.9 Å². The molecule has 1 fully saturated rings. The predicted octanol–water partition coefficient (Wildman–Crippen LogP) is 3.84. The summed E-state index contributed by atoms with van der Waals surface area (Å²) in [6.07, 6.45) is 0. The molecule has 0 radical (unpaired) electrons. The maximum Gasteiger partial charge on any atom is 0.263 e. The van der Waals surface area contributed by atoms with E-state index in [2.05, 4.69) is 23.8 Å². The van der Waals surface area contributed by atoms with Gasteiger partial charge in [0, 0.05) is 45.3 Å². The predicted molar refractivity (Wildman–Crippen MR) is 135 cm³/mol. The highest BCUT2D eigenvalue weighted by atomic mass is 32.2. The van der Waals surface area contributed by atoms with Crippen LogP contribution in [-0.2, 0) is 30.2 Å². The summed E-state index contributed by atoms with van der Waals surface area (Å²) in [6.45, 7) is 6.77. The third kappa shape index (κ3) is 5.52. The molecule has 1 saturated heterocycles. The molecule has 2 aromatic carbocycles. The van der Waals surface area contributed by atoms with Crippen molar-refractivity contribution >= 4 is 10.0 Å². The summed E-state index contributed by atoms with van der Waals surface area (Å²) in [5.41, 5.74) is 2.62. The molecule has 4 rings (SSSR count). The highest BCUT2D eigenvalue weighted by Crippen LogP contribution is 2.30. The van der Waals surface area contributed by atoms with Gasteiger partial charge in [0.1, 0.15) is 11.5 Å². The molecule has 0 spiro atoms. The molecule has 35 heavy (non-hydrogen) atoms. The summed E-state index contributed by atoms with van der Waals surface area (Å²) < 4.78 is 41.4. The van der Waals surface area contributed by atoms with E-state index in [1.807, 2.05) is 55.6 Å². The van der Waals surface area contributed by atoms with E-state index in [1.54, 1.807) is 25.0 Å². The Morgan fingerprint density at radius 1 is 0.971 bits per heavy atom. The van der Waals surface area contributed by atoms with E-state index in [-0.39, 0.29) is 24.2 Å². The number of sulfonamides is 1. The topological polar surface area (TPSA) is 76.9 Å². The first-order chi connectivity index (χ1) is 16.7. The second kappa shape index (κ2) is 10.4. The summed E-state index contributed by atoms with van der Waals surface area (Å²) in [4.78, 5) is 2.34. The number of benzene rings is 2. The molecule has 2 heterocycles. The van der Waals surface area contributed by atoms with Gasteiger partial charge in [-0.05, 0) is 48.2 Å². The first kappa shape index (κ1) is 25.2. The molecule has 188 valence electrons. The summed E-state index contributed by atoms with van der Waals surface area (Å²) in [7, 11) is 1.16. The van der Waals surface area contributed by atoms with E-state index < -0.39 is 10.0 Å². The molecular formula is C26H34N4O4S. The first-order valence-electron chi connectivity index (χ1n) is 11.7. The number of hydrogen-bond acceptors (Lipinski definition) is 6. The molecular weight excluding hydrogens is 464 g/mol. The fraction of sp³-hybridized carbons (Fsp3) is 0.423. The zero-order chi connectivity index (χ0) is 25.2.